The molecule has 3 rings (SSSR count). The van der Waals surface area contributed by atoms with E-state index in [0.717, 1.165) is 27.8 Å². The van der Waals surface area contributed by atoms with Crippen LogP contribution in [-0.4, -0.2) is 46.7 Å². The van der Waals surface area contributed by atoms with E-state index in [1.54, 1.807) is 36.4 Å². The molecule has 11 heteroatoms. The maximum atomic E-state index is 12.9. The number of nitro benzene ring substituents is 1. The number of ether oxygens (including phenoxy) is 3. The molecule has 1 aliphatic rings. The summed E-state index contributed by atoms with van der Waals surface area (Å²) in [6.07, 6.45) is 3.68. The number of thioether (sulfide) groups is 1. The Balaban J connectivity index is 1.92. The molecular formula is C26H26N2O8S. The third-order valence-corrected chi connectivity index (χ3v) is 6.28. The number of carbonyl (C=O) groups is 3. The topological polar surface area (TPSA) is 125 Å². The molecule has 10 nitrogen and oxygen atoms in total. The quantitative estimate of drug-likeness (QED) is 0.132. The number of nitro groups is 1. The van der Waals surface area contributed by atoms with Crippen LogP contribution in [0.15, 0.2) is 54.0 Å². The molecule has 194 valence electrons. The number of hydrogen-bond acceptors (Lipinski definition) is 9. The van der Waals surface area contributed by atoms with Crippen LogP contribution in [0.5, 0.6) is 11.5 Å². The molecule has 1 atom stereocenters. The number of hydrogen-bond donors (Lipinski definition) is 0. The van der Waals surface area contributed by atoms with Gasteiger partial charge in [-0.2, -0.15) is 0 Å². The van der Waals surface area contributed by atoms with E-state index >= 15 is 0 Å². The highest BCUT2D eigenvalue weighted by Gasteiger charge is 2.41. The molecule has 1 aliphatic heterocycles. The monoisotopic (exact) mass is 526 g/mol. The Morgan fingerprint density at radius 3 is 2.51 bits per heavy atom. The van der Waals surface area contributed by atoms with Crippen LogP contribution in [0, 0.1) is 10.1 Å². The summed E-state index contributed by atoms with van der Waals surface area (Å²) in [7, 11) is 1.19. The number of nitrogens with zero attached hydrogens (tertiary/aromatic N) is 2. The third kappa shape index (κ3) is 6.36. The first-order valence-corrected chi connectivity index (χ1v) is 12.1. The van der Waals surface area contributed by atoms with Gasteiger partial charge in [-0.1, -0.05) is 6.08 Å². The summed E-state index contributed by atoms with van der Waals surface area (Å²) < 4.78 is 16.5. The second-order valence-electron chi connectivity index (χ2n) is 7.90. The van der Waals surface area contributed by atoms with Gasteiger partial charge in [0.2, 0.25) is 0 Å². The summed E-state index contributed by atoms with van der Waals surface area (Å²) in [5, 5.41) is 10.3. The number of benzene rings is 2. The lowest BCUT2D eigenvalue weighted by atomic mass is 10.0. The minimum absolute atomic E-state index is 0.0131. The van der Waals surface area contributed by atoms with Crippen molar-refractivity contribution >= 4 is 40.6 Å². The molecule has 0 saturated carbocycles. The van der Waals surface area contributed by atoms with Crippen LogP contribution in [-0.2, 0) is 27.4 Å². The van der Waals surface area contributed by atoms with Gasteiger partial charge in [-0.3, -0.25) is 24.6 Å². The highest BCUT2D eigenvalue weighted by atomic mass is 32.2. The van der Waals surface area contributed by atoms with Gasteiger partial charge in [-0.15, -0.1) is 6.58 Å². The summed E-state index contributed by atoms with van der Waals surface area (Å²) in [5.41, 5.74) is 2.05. The van der Waals surface area contributed by atoms with E-state index < -0.39 is 28.1 Å². The molecule has 1 saturated heterocycles. The van der Waals surface area contributed by atoms with Gasteiger partial charge in [0, 0.05) is 17.7 Å². The Hall–Kier alpha value is -4.12. The smallest absolute Gasteiger partial charge is 0.328 e. The van der Waals surface area contributed by atoms with Crippen molar-refractivity contribution in [2.45, 2.75) is 32.9 Å². The van der Waals surface area contributed by atoms with Crippen LogP contribution in [0.2, 0.25) is 0 Å². The van der Waals surface area contributed by atoms with Crippen molar-refractivity contribution in [2.24, 2.45) is 0 Å². The second kappa shape index (κ2) is 12.2. The fourth-order valence-corrected chi connectivity index (χ4v) is 4.52. The normalized spacial score (nSPS) is 15.0. The maximum Gasteiger partial charge on any atom is 0.328 e. The molecule has 0 aliphatic carbocycles. The summed E-state index contributed by atoms with van der Waals surface area (Å²) in [6.45, 7) is 7.53. The zero-order valence-corrected chi connectivity index (χ0v) is 21.4. The summed E-state index contributed by atoms with van der Waals surface area (Å²) >= 11 is 0.737. The van der Waals surface area contributed by atoms with E-state index in [1.807, 2.05) is 6.92 Å². The van der Waals surface area contributed by atoms with Crippen LogP contribution >= 0.6 is 11.8 Å². The lowest BCUT2D eigenvalue weighted by Gasteiger charge is -2.18. The van der Waals surface area contributed by atoms with Crippen molar-refractivity contribution in [2.75, 3.05) is 13.7 Å². The average Bonchev–Trinajstić information content (AvgIpc) is 3.15. The molecule has 2 amide bonds. The zero-order valence-electron chi connectivity index (χ0n) is 20.6. The molecule has 1 fully saturated rings. The van der Waals surface area contributed by atoms with E-state index in [2.05, 4.69) is 11.3 Å². The Morgan fingerprint density at radius 1 is 1.22 bits per heavy atom. The standard InChI is InChI=1S/C26H26N2O8S/c1-5-7-19-12-18(14-22-24(29)27(26(31)37-22)16(3)25(30)34-4)13-21(35-6-2)23(19)36-15-17-8-10-20(11-9-17)28(32)33/h5,8-14,16H,1,6-7,15H2,2-4H3/b22-14+/t16-/m0/s1. The first-order chi connectivity index (χ1) is 17.7. The van der Waals surface area contributed by atoms with Crippen molar-refractivity contribution in [3.05, 3.63) is 80.8 Å². The molecule has 0 bridgehead atoms. The molecule has 0 aromatic heterocycles. The third-order valence-electron chi connectivity index (χ3n) is 5.40. The molecular weight excluding hydrogens is 500 g/mol. The van der Waals surface area contributed by atoms with Gasteiger partial charge in [0.25, 0.3) is 16.8 Å². The first kappa shape index (κ1) is 27.5. The van der Waals surface area contributed by atoms with Gasteiger partial charge in [0.15, 0.2) is 11.5 Å². The molecule has 0 N–H and O–H groups in total. The average molecular weight is 527 g/mol. The predicted molar refractivity (Wildman–Crippen MR) is 138 cm³/mol. The minimum atomic E-state index is -1.05. The lowest BCUT2D eigenvalue weighted by Crippen LogP contribution is -2.42. The number of non-ortho nitro benzene ring substituents is 1. The summed E-state index contributed by atoms with van der Waals surface area (Å²) in [5.74, 6) is -0.374. The molecule has 0 spiro atoms. The van der Waals surface area contributed by atoms with Crippen molar-refractivity contribution in [1.82, 2.24) is 4.90 Å². The van der Waals surface area contributed by atoms with Crippen molar-refractivity contribution in [1.29, 1.82) is 0 Å². The molecule has 37 heavy (non-hydrogen) atoms. The predicted octanol–water partition coefficient (Wildman–Crippen LogP) is 4.90. The second-order valence-corrected chi connectivity index (χ2v) is 8.89. The Bertz CT molecular complexity index is 1260. The van der Waals surface area contributed by atoms with Gasteiger partial charge < -0.3 is 14.2 Å². The van der Waals surface area contributed by atoms with Gasteiger partial charge in [-0.25, -0.2) is 4.79 Å². The Labute approximate surface area is 218 Å². The van der Waals surface area contributed by atoms with Gasteiger partial charge in [0.05, 0.1) is 23.5 Å². The van der Waals surface area contributed by atoms with E-state index in [1.165, 1.54) is 26.2 Å². The fraction of sp³-hybridized carbons (Fsp3) is 0.269. The van der Waals surface area contributed by atoms with Gasteiger partial charge in [-0.05, 0) is 73.5 Å². The van der Waals surface area contributed by atoms with Crippen LogP contribution in [0.4, 0.5) is 10.5 Å². The van der Waals surface area contributed by atoms with Crippen molar-refractivity contribution in [3.8, 4) is 11.5 Å². The number of amides is 2. The van der Waals surface area contributed by atoms with E-state index in [4.69, 9.17) is 9.47 Å². The molecule has 2 aromatic carbocycles. The molecule has 0 unspecified atom stereocenters. The van der Waals surface area contributed by atoms with E-state index in [0.29, 0.717) is 30.1 Å². The van der Waals surface area contributed by atoms with Gasteiger partial charge >= 0.3 is 5.97 Å². The Kier molecular flexibility index (Phi) is 9.07. The van der Waals surface area contributed by atoms with Gasteiger partial charge in [0.1, 0.15) is 12.6 Å². The summed E-state index contributed by atoms with van der Waals surface area (Å²) in [6, 6.07) is 8.49. The SMILES string of the molecule is C=CCc1cc(/C=C2/SC(=O)N([C@@H](C)C(=O)OC)C2=O)cc(OCC)c1OCc1ccc([N+](=O)[O-])cc1. The highest BCUT2D eigenvalue weighted by molar-refractivity contribution is 8.18. The van der Waals surface area contributed by atoms with Crippen LogP contribution < -0.4 is 9.47 Å². The highest BCUT2D eigenvalue weighted by Crippen LogP contribution is 2.38. The Morgan fingerprint density at radius 2 is 1.92 bits per heavy atom. The van der Waals surface area contributed by atoms with Crippen LogP contribution in [0.25, 0.3) is 6.08 Å². The molecule has 2 aromatic rings. The first-order valence-electron chi connectivity index (χ1n) is 11.3. The zero-order chi connectivity index (χ0) is 27.1. The lowest BCUT2D eigenvalue weighted by molar-refractivity contribution is -0.384. The largest absolute Gasteiger partial charge is 0.490 e. The molecule has 0 radical (unpaired) electrons. The van der Waals surface area contributed by atoms with E-state index in [9.17, 15) is 24.5 Å². The van der Waals surface area contributed by atoms with Crippen LogP contribution in [0.3, 0.4) is 0 Å². The van der Waals surface area contributed by atoms with E-state index in [-0.39, 0.29) is 17.2 Å². The van der Waals surface area contributed by atoms with Crippen LogP contribution in [0.1, 0.15) is 30.5 Å². The van der Waals surface area contributed by atoms with Crippen molar-refractivity contribution in [3.63, 3.8) is 0 Å². The number of rotatable bonds is 11. The summed E-state index contributed by atoms with van der Waals surface area (Å²) in [4.78, 5) is 48.7. The molecule has 1 heterocycles. The number of esters is 1. The fourth-order valence-electron chi connectivity index (χ4n) is 3.61. The maximum absolute atomic E-state index is 12.9. The number of carbonyl (C=O) groups excluding carboxylic acids is 3. The number of methoxy groups -OCH3 is 1. The number of imide groups is 1. The minimum Gasteiger partial charge on any atom is -0.490 e. The number of allylic oxidation sites excluding steroid dienone is 1. The van der Waals surface area contributed by atoms with Crippen molar-refractivity contribution < 1.29 is 33.5 Å².